The molecule has 0 aliphatic heterocycles. The lowest BCUT2D eigenvalue weighted by Gasteiger charge is -2.11. The topological polar surface area (TPSA) is 70.0 Å². The van der Waals surface area contributed by atoms with E-state index in [4.69, 9.17) is 12.2 Å². The molecule has 0 saturated heterocycles. The molecule has 0 aliphatic carbocycles. The largest absolute Gasteiger partial charge is 0.385 e. The first-order chi connectivity index (χ1) is 9.13. The molecule has 2 N–H and O–H groups in total. The lowest BCUT2D eigenvalue weighted by Crippen LogP contribution is -2.40. The second kappa shape index (κ2) is 5.27. The van der Waals surface area contributed by atoms with E-state index in [0.29, 0.717) is 6.54 Å². The van der Waals surface area contributed by atoms with Crippen molar-refractivity contribution in [3.8, 4) is 12.3 Å². The Morgan fingerprint density at radius 3 is 2.47 bits per heavy atom. The van der Waals surface area contributed by atoms with Crippen LogP contribution >= 0.6 is 0 Å². The molecule has 19 heavy (non-hydrogen) atoms. The molecule has 0 aliphatic rings. The minimum Gasteiger partial charge on any atom is -0.385 e. The van der Waals surface area contributed by atoms with Crippen molar-refractivity contribution >= 4 is 5.82 Å². The summed E-state index contributed by atoms with van der Waals surface area (Å²) in [5, 5.41) is 0. The second-order valence-corrected chi connectivity index (χ2v) is 4.05. The van der Waals surface area contributed by atoms with E-state index in [1.165, 1.54) is 10.6 Å². The molecule has 2 aromatic rings. The summed E-state index contributed by atoms with van der Waals surface area (Å²) in [6, 6.07) is 10.6. The highest BCUT2D eigenvalue weighted by Gasteiger charge is 2.08. The lowest BCUT2D eigenvalue weighted by molar-refractivity contribution is 0.633. The fourth-order valence-electron chi connectivity index (χ4n) is 1.79. The molecule has 5 heteroatoms. The van der Waals surface area contributed by atoms with Crippen LogP contribution in [0.2, 0.25) is 0 Å². The number of benzene rings is 1. The molecule has 0 unspecified atom stereocenters. The number of anilines is 1. The Labute approximate surface area is 109 Å². The van der Waals surface area contributed by atoms with Crippen molar-refractivity contribution in [2.24, 2.45) is 0 Å². The molecular formula is C14H13N3O2. The van der Waals surface area contributed by atoms with Gasteiger partial charge in [-0.25, -0.2) is 9.36 Å². The molecule has 0 atom stereocenters. The van der Waals surface area contributed by atoms with E-state index in [0.717, 1.165) is 10.1 Å². The highest BCUT2D eigenvalue weighted by Crippen LogP contribution is 2.03. The maximum atomic E-state index is 12.2. The summed E-state index contributed by atoms with van der Waals surface area (Å²) in [4.78, 5) is 23.8. The fraction of sp³-hybridized carbons (Fsp3) is 0.143. The second-order valence-electron chi connectivity index (χ2n) is 4.05. The number of hydrogen-bond donors (Lipinski definition) is 1. The van der Waals surface area contributed by atoms with Crippen LogP contribution in [-0.4, -0.2) is 9.13 Å². The molecule has 0 fully saturated rings. The van der Waals surface area contributed by atoms with Crippen molar-refractivity contribution in [1.82, 2.24) is 9.13 Å². The van der Waals surface area contributed by atoms with E-state index in [1.54, 1.807) is 0 Å². The van der Waals surface area contributed by atoms with Gasteiger partial charge in [-0.15, -0.1) is 6.42 Å². The Morgan fingerprint density at radius 1 is 1.16 bits per heavy atom. The predicted octanol–water partition coefficient (Wildman–Crippen LogP) is 0.274. The van der Waals surface area contributed by atoms with Crippen LogP contribution in [0.15, 0.2) is 46.0 Å². The molecule has 96 valence electrons. The summed E-state index contributed by atoms with van der Waals surface area (Å²) in [6.45, 7) is 0.239. The summed E-state index contributed by atoms with van der Waals surface area (Å²) >= 11 is 0. The third kappa shape index (κ3) is 2.58. The summed E-state index contributed by atoms with van der Waals surface area (Å²) < 4.78 is 2.31. The van der Waals surface area contributed by atoms with Gasteiger partial charge in [0.15, 0.2) is 0 Å². The molecule has 1 aromatic carbocycles. The van der Waals surface area contributed by atoms with Gasteiger partial charge in [-0.2, -0.15) is 0 Å². The molecule has 0 radical (unpaired) electrons. The number of rotatable bonds is 3. The van der Waals surface area contributed by atoms with E-state index in [2.05, 4.69) is 5.92 Å². The Hall–Kier alpha value is -2.74. The third-order valence-corrected chi connectivity index (χ3v) is 2.74. The smallest absolute Gasteiger partial charge is 0.333 e. The quantitative estimate of drug-likeness (QED) is 0.800. The minimum absolute atomic E-state index is 0.0628. The van der Waals surface area contributed by atoms with Crippen LogP contribution in [0.25, 0.3) is 0 Å². The fourth-order valence-corrected chi connectivity index (χ4v) is 1.79. The molecule has 0 amide bonds. The molecule has 1 heterocycles. The van der Waals surface area contributed by atoms with E-state index in [9.17, 15) is 9.59 Å². The monoisotopic (exact) mass is 255 g/mol. The van der Waals surface area contributed by atoms with Crippen LogP contribution in [0, 0.1) is 12.3 Å². The van der Waals surface area contributed by atoms with Gasteiger partial charge in [-0.3, -0.25) is 9.36 Å². The van der Waals surface area contributed by atoms with Crippen molar-refractivity contribution in [2.75, 3.05) is 5.73 Å². The highest BCUT2D eigenvalue weighted by atomic mass is 16.2. The Kier molecular flexibility index (Phi) is 3.53. The minimum atomic E-state index is -0.494. The lowest BCUT2D eigenvalue weighted by atomic mass is 10.2. The van der Waals surface area contributed by atoms with Crippen LogP contribution in [0.1, 0.15) is 5.56 Å². The van der Waals surface area contributed by atoms with Gasteiger partial charge in [0, 0.05) is 6.07 Å². The number of terminal acetylenes is 1. The first-order valence-corrected chi connectivity index (χ1v) is 5.71. The van der Waals surface area contributed by atoms with E-state index >= 15 is 0 Å². The molecule has 0 saturated carbocycles. The molecule has 0 spiro atoms. The summed E-state index contributed by atoms with van der Waals surface area (Å²) in [5.74, 6) is 2.42. The maximum Gasteiger partial charge on any atom is 0.333 e. The third-order valence-electron chi connectivity index (χ3n) is 2.74. The van der Waals surface area contributed by atoms with Crippen molar-refractivity contribution in [2.45, 2.75) is 13.1 Å². The van der Waals surface area contributed by atoms with Crippen LogP contribution < -0.4 is 17.0 Å². The number of aromatic nitrogens is 2. The number of hydrogen-bond acceptors (Lipinski definition) is 3. The summed E-state index contributed by atoms with van der Waals surface area (Å²) in [7, 11) is 0. The van der Waals surface area contributed by atoms with Gasteiger partial charge >= 0.3 is 5.69 Å². The van der Waals surface area contributed by atoms with Crippen LogP contribution in [-0.2, 0) is 13.1 Å². The van der Waals surface area contributed by atoms with E-state index < -0.39 is 11.2 Å². The standard InChI is InChI=1S/C14H13N3O2/c1-2-8-16-13(18)9-12(15)17(14(16)19)10-11-6-4-3-5-7-11/h1,3-7,9H,8,10,15H2. The van der Waals surface area contributed by atoms with Crippen LogP contribution in [0.4, 0.5) is 5.82 Å². The molecule has 0 bridgehead atoms. The SMILES string of the molecule is C#CCn1c(=O)cc(N)n(Cc2ccccc2)c1=O. The maximum absolute atomic E-state index is 12.2. The zero-order chi connectivity index (χ0) is 13.8. The van der Waals surface area contributed by atoms with E-state index in [1.807, 2.05) is 30.3 Å². The average Bonchev–Trinajstić information content (AvgIpc) is 2.41. The van der Waals surface area contributed by atoms with E-state index in [-0.39, 0.29) is 12.4 Å². The Balaban J connectivity index is 2.53. The Bertz CT molecular complexity index is 736. The van der Waals surface area contributed by atoms with Gasteiger partial charge in [-0.05, 0) is 5.56 Å². The molecule has 1 aromatic heterocycles. The highest BCUT2D eigenvalue weighted by molar-refractivity contribution is 5.29. The first-order valence-electron chi connectivity index (χ1n) is 5.71. The van der Waals surface area contributed by atoms with Crippen molar-refractivity contribution in [1.29, 1.82) is 0 Å². The number of nitrogen functional groups attached to an aromatic ring is 1. The average molecular weight is 255 g/mol. The zero-order valence-electron chi connectivity index (χ0n) is 10.2. The molecular weight excluding hydrogens is 242 g/mol. The Morgan fingerprint density at radius 2 is 1.84 bits per heavy atom. The summed E-state index contributed by atoms with van der Waals surface area (Å²) in [6.07, 6.45) is 5.15. The van der Waals surface area contributed by atoms with Gasteiger partial charge in [0.2, 0.25) is 0 Å². The van der Waals surface area contributed by atoms with Crippen molar-refractivity contribution < 1.29 is 0 Å². The van der Waals surface area contributed by atoms with Crippen molar-refractivity contribution in [3.05, 3.63) is 62.8 Å². The van der Waals surface area contributed by atoms with Gasteiger partial charge < -0.3 is 5.73 Å². The van der Waals surface area contributed by atoms with Gasteiger partial charge in [-0.1, -0.05) is 36.3 Å². The zero-order valence-corrected chi connectivity index (χ0v) is 10.2. The first kappa shape index (κ1) is 12.7. The van der Waals surface area contributed by atoms with Crippen LogP contribution in [0.3, 0.4) is 0 Å². The molecule has 2 rings (SSSR count). The van der Waals surface area contributed by atoms with Crippen LogP contribution in [0.5, 0.6) is 0 Å². The normalized spacial score (nSPS) is 10.1. The number of nitrogens with zero attached hydrogens (tertiary/aromatic N) is 2. The predicted molar refractivity (Wildman–Crippen MR) is 73.8 cm³/mol. The van der Waals surface area contributed by atoms with Gasteiger partial charge in [0.05, 0.1) is 13.1 Å². The van der Waals surface area contributed by atoms with Gasteiger partial charge in [0.25, 0.3) is 5.56 Å². The molecule has 5 nitrogen and oxygen atoms in total. The number of nitrogens with two attached hydrogens (primary N) is 1. The van der Waals surface area contributed by atoms with Gasteiger partial charge in [0.1, 0.15) is 5.82 Å². The van der Waals surface area contributed by atoms with Crippen molar-refractivity contribution in [3.63, 3.8) is 0 Å². The summed E-state index contributed by atoms with van der Waals surface area (Å²) in [5.41, 5.74) is 5.68.